The normalized spacial score (nSPS) is 16.5. The summed E-state index contributed by atoms with van der Waals surface area (Å²) in [4.78, 5) is 4.32. The van der Waals surface area contributed by atoms with Crippen LogP contribution < -0.4 is 15.4 Å². The average molecular weight is 406 g/mol. The highest BCUT2D eigenvalue weighted by molar-refractivity contribution is 5.79. The highest BCUT2D eigenvalue weighted by Gasteiger charge is 2.13. The molecule has 0 saturated carbocycles. The van der Waals surface area contributed by atoms with Gasteiger partial charge in [-0.2, -0.15) is 0 Å². The maximum Gasteiger partial charge on any atom is 0.191 e. The molecular weight excluding hydrogens is 366 g/mol. The van der Waals surface area contributed by atoms with Crippen molar-refractivity contribution in [2.75, 3.05) is 40.0 Å². The van der Waals surface area contributed by atoms with Crippen LogP contribution in [0.1, 0.15) is 50.7 Å². The number of aliphatic imine (C=N–C) groups is 1. The Bertz CT molecular complexity index is 615. The fourth-order valence-corrected chi connectivity index (χ4v) is 3.16. The molecule has 0 spiro atoms. The molecule has 29 heavy (non-hydrogen) atoms. The van der Waals surface area contributed by atoms with Gasteiger partial charge in [0.1, 0.15) is 5.75 Å². The summed E-state index contributed by atoms with van der Waals surface area (Å²) in [5.74, 6) is 2.40. The van der Waals surface area contributed by atoms with Crippen LogP contribution >= 0.6 is 0 Å². The van der Waals surface area contributed by atoms with Crippen LogP contribution in [0.15, 0.2) is 23.2 Å². The summed E-state index contributed by atoms with van der Waals surface area (Å²) in [6, 6.07) is 6.35. The fourth-order valence-electron chi connectivity index (χ4n) is 3.16. The van der Waals surface area contributed by atoms with Crippen LogP contribution in [0.4, 0.5) is 0 Å². The molecular formula is C23H39N3O3. The topological polar surface area (TPSA) is 64.1 Å². The first kappa shape index (κ1) is 23.5. The molecule has 1 aromatic carbocycles. The van der Waals surface area contributed by atoms with Gasteiger partial charge in [0, 0.05) is 52.1 Å². The van der Waals surface area contributed by atoms with Crippen molar-refractivity contribution in [2.24, 2.45) is 10.9 Å². The molecule has 0 bridgehead atoms. The number of ether oxygens (including phenoxy) is 3. The molecule has 1 heterocycles. The van der Waals surface area contributed by atoms with Gasteiger partial charge in [0.25, 0.3) is 0 Å². The van der Waals surface area contributed by atoms with Crippen LogP contribution in [0.3, 0.4) is 0 Å². The molecule has 164 valence electrons. The third kappa shape index (κ3) is 9.05. The quantitative estimate of drug-likeness (QED) is 0.334. The highest BCUT2D eigenvalue weighted by Crippen LogP contribution is 2.22. The van der Waals surface area contributed by atoms with Gasteiger partial charge in [0.15, 0.2) is 5.96 Å². The van der Waals surface area contributed by atoms with E-state index in [-0.39, 0.29) is 6.10 Å². The van der Waals surface area contributed by atoms with Crippen LogP contribution in [-0.4, -0.2) is 52.1 Å². The van der Waals surface area contributed by atoms with E-state index >= 15 is 0 Å². The molecule has 1 saturated heterocycles. The van der Waals surface area contributed by atoms with E-state index in [0.717, 1.165) is 75.9 Å². The van der Waals surface area contributed by atoms with Gasteiger partial charge in [0.2, 0.25) is 0 Å². The summed E-state index contributed by atoms with van der Waals surface area (Å²) in [7, 11) is 1.79. The molecule has 1 aliphatic rings. The predicted octanol–water partition coefficient (Wildman–Crippen LogP) is 3.67. The maximum atomic E-state index is 6.09. The van der Waals surface area contributed by atoms with Crippen LogP contribution in [0.25, 0.3) is 0 Å². The van der Waals surface area contributed by atoms with Crippen molar-refractivity contribution in [3.63, 3.8) is 0 Å². The van der Waals surface area contributed by atoms with Gasteiger partial charge in [-0.25, -0.2) is 0 Å². The molecule has 6 nitrogen and oxygen atoms in total. The number of benzene rings is 1. The van der Waals surface area contributed by atoms with Gasteiger partial charge in [-0.15, -0.1) is 0 Å². The number of guanidine groups is 1. The summed E-state index contributed by atoms with van der Waals surface area (Å²) >= 11 is 0. The minimum atomic E-state index is 0.203. The minimum Gasteiger partial charge on any atom is -0.490 e. The molecule has 1 atom stereocenters. The Labute approximate surface area is 176 Å². The summed E-state index contributed by atoms with van der Waals surface area (Å²) in [5.41, 5.74) is 2.34. The summed E-state index contributed by atoms with van der Waals surface area (Å²) < 4.78 is 17.3. The zero-order valence-electron chi connectivity index (χ0n) is 18.6. The van der Waals surface area contributed by atoms with Gasteiger partial charge in [0.05, 0.1) is 6.10 Å². The van der Waals surface area contributed by atoms with Crippen molar-refractivity contribution in [3.8, 4) is 5.75 Å². The van der Waals surface area contributed by atoms with Gasteiger partial charge < -0.3 is 24.8 Å². The van der Waals surface area contributed by atoms with Crippen molar-refractivity contribution < 1.29 is 14.2 Å². The van der Waals surface area contributed by atoms with Crippen LogP contribution in [0.5, 0.6) is 5.75 Å². The molecule has 0 aliphatic carbocycles. The van der Waals surface area contributed by atoms with E-state index in [1.54, 1.807) is 7.05 Å². The molecule has 6 heteroatoms. The Balaban J connectivity index is 1.68. The van der Waals surface area contributed by atoms with E-state index in [1.165, 1.54) is 5.56 Å². The van der Waals surface area contributed by atoms with Crippen LogP contribution in [-0.2, 0) is 16.0 Å². The second kappa shape index (κ2) is 13.4. The Morgan fingerprint density at radius 3 is 2.79 bits per heavy atom. The second-order valence-corrected chi connectivity index (χ2v) is 7.78. The van der Waals surface area contributed by atoms with Crippen molar-refractivity contribution >= 4 is 5.96 Å². The summed E-state index contributed by atoms with van der Waals surface area (Å²) in [6.45, 7) is 11.2. The van der Waals surface area contributed by atoms with Gasteiger partial charge in [-0.3, -0.25) is 4.99 Å². The number of nitrogens with one attached hydrogen (secondary N) is 2. The first-order chi connectivity index (χ1) is 14.1. The number of hydrogen-bond donors (Lipinski definition) is 2. The van der Waals surface area contributed by atoms with Gasteiger partial charge in [-0.05, 0) is 57.1 Å². The third-order valence-electron chi connectivity index (χ3n) is 5.25. The number of hydrogen-bond acceptors (Lipinski definition) is 4. The molecule has 2 N–H and O–H groups in total. The lowest BCUT2D eigenvalue weighted by molar-refractivity contribution is 0.0203. The van der Waals surface area contributed by atoms with Crippen molar-refractivity contribution in [3.05, 3.63) is 29.3 Å². The van der Waals surface area contributed by atoms with E-state index in [1.807, 2.05) is 0 Å². The Kier molecular flexibility index (Phi) is 10.9. The van der Waals surface area contributed by atoms with E-state index < -0.39 is 0 Å². The molecule has 1 unspecified atom stereocenters. The zero-order chi connectivity index (χ0) is 20.9. The molecule has 0 amide bonds. The predicted molar refractivity (Wildman–Crippen MR) is 119 cm³/mol. The molecule has 1 fully saturated rings. The lowest BCUT2D eigenvalue weighted by atomic mass is 10.0. The highest BCUT2D eigenvalue weighted by atomic mass is 16.5. The average Bonchev–Trinajstić information content (AvgIpc) is 2.74. The monoisotopic (exact) mass is 405 g/mol. The molecule has 0 radical (unpaired) electrons. The van der Waals surface area contributed by atoms with Crippen molar-refractivity contribution in [1.82, 2.24) is 10.6 Å². The van der Waals surface area contributed by atoms with E-state index in [0.29, 0.717) is 12.5 Å². The minimum absolute atomic E-state index is 0.203. The third-order valence-corrected chi connectivity index (χ3v) is 5.25. The Hall–Kier alpha value is -1.79. The summed E-state index contributed by atoms with van der Waals surface area (Å²) in [6.07, 6.45) is 4.39. The Morgan fingerprint density at radius 1 is 1.28 bits per heavy atom. The number of aryl methyl sites for hydroxylation is 1. The summed E-state index contributed by atoms with van der Waals surface area (Å²) in [5, 5.41) is 6.74. The number of rotatable bonds is 11. The van der Waals surface area contributed by atoms with Crippen LogP contribution in [0, 0.1) is 12.8 Å². The lowest BCUT2D eigenvalue weighted by Gasteiger charge is -2.21. The van der Waals surface area contributed by atoms with E-state index in [2.05, 4.69) is 54.6 Å². The first-order valence-electron chi connectivity index (χ1n) is 11.0. The van der Waals surface area contributed by atoms with Crippen molar-refractivity contribution in [2.45, 2.75) is 59.1 Å². The fraction of sp³-hybridized carbons (Fsp3) is 0.696. The smallest absolute Gasteiger partial charge is 0.191 e. The van der Waals surface area contributed by atoms with Gasteiger partial charge in [-0.1, -0.05) is 19.1 Å². The SMILES string of the molecule is CCC(C)Oc1cc(C)ccc1CNC(=NC)NCCCOCC1CCOCC1. The Morgan fingerprint density at radius 2 is 2.07 bits per heavy atom. The molecule has 1 aromatic rings. The zero-order valence-corrected chi connectivity index (χ0v) is 18.6. The molecule has 1 aliphatic heterocycles. The second-order valence-electron chi connectivity index (χ2n) is 7.78. The molecule has 2 rings (SSSR count). The van der Waals surface area contributed by atoms with Crippen LogP contribution in [0.2, 0.25) is 0 Å². The van der Waals surface area contributed by atoms with E-state index in [4.69, 9.17) is 14.2 Å². The maximum absolute atomic E-state index is 6.09. The lowest BCUT2D eigenvalue weighted by Crippen LogP contribution is -2.37. The van der Waals surface area contributed by atoms with Crippen molar-refractivity contribution in [1.29, 1.82) is 0 Å². The number of nitrogens with zero attached hydrogens (tertiary/aromatic N) is 1. The largest absolute Gasteiger partial charge is 0.490 e. The first-order valence-corrected chi connectivity index (χ1v) is 11.0. The molecule has 0 aromatic heterocycles. The van der Waals surface area contributed by atoms with E-state index in [9.17, 15) is 0 Å². The standard InChI is InChI=1S/C23H39N3O3/c1-5-19(3)29-22-15-18(2)7-8-21(22)16-26-23(24-4)25-11-6-12-28-17-20-9-13-27-14-10-20/h7-8,15,19-20H,5-6,9-14,16-17H2,1-4H3,(H2,24,25,26). The van der Waals surface area contributed by atoms with Gasteiger partial charge >= 0.3 is 0 Å².